The summed E-state index contributed by atoms with van der Waals surface area (Å²) in [5.41, 5.74) is 0.925. The number of amides is 3. The molecule has 0 spiro atoms. The normalized spacial score (nSPS) is 14.5. The molecule has 2 aromatic rings. The van der Waals surface area contributed by atoms with Crippen molar-refractivity contribution < 1.29 is 22.7 Å². The molecule has 0 bridgehead atoms. The van der Waals surface area contributed by atoms with E-state index < -0.39 is 10.0 Å². The average Bonchev–Trinajstić information content (AvgIpc) is 2.91. The van der Waals surface area contributed by atoms with E-state index in [4.69, 9.17) is 4.74 Å². The van der Waals surface area contributed by atoms with Gasteiger partial charge in [-0.2, -0.15) is 4.31 Å². The van der Waals surface area contributed by atoms with Crippen molar-refractivity contribution in [3.05, 3.63) is 60.2 Å². The van der Waals surface area contributed by atoms with Crippen molar-refractivity contribution in [2.75, 3.05) is 47.4 Å². The lowest BCUT2D eigenvalue weighted by atomic mass is 10.0. The third-order valence-corrected chi connectivity index (χ3v) is 8.42. The van der Waals surface area contributed by atoms with Crippen LogP contribution in [0.5, 0.6) is 5.75 Å². The molecular formula is C27H38N4O5S. The molecule has 1 aliphatic heterocycles. The fourth-order valence-corrected chi connectivity index (χ4v) is 6.02. The molecule has 10 heteroatoms. The lowest BCUT2D eigenvalue weighted by Crippen LogP contribution is -2.52. The zero-order chi connectivity index (χ0) is 27.0. The van der Waals surface area contributed by atoms with Gasteiger partial charge in [0.2, 0.25) is 15.9 Å². The van der Waals surface area contributed by atoms with Gasteiger partial charge in [-0.05, 0) is 49.1 Å². The number of methoxy groups -OCH3 is 1. The molecule has 0 unspecified atom stereocenters. The quantitative estimate of drug-likeness (QED) is 0.470. The van der Waals surface area contributed by atoms with E-state index in [0.717, 1.165) is 11.3 Å². The summed E-state index contributed by atoms with van der Waals surface area (Å²) in [4.78, 5) is 31.5. The van der Waals surface area contributed by atoms with Crippen molar-refractivity contribution in [2.24, 2.45) is 0 Å². The number of sulfonamides is 1. The minimum absolute atomic E-state index is 0.0467. The highest BCUT2D eigenvalue weighted by Crippen LogP contribution is 2.23. The first kappa shape index (κ1) is 28.5. The highest BCUT2D eigenvalue weighted by Gasteiger charge is 2.33. The second kappa shape index (κ2) is 12.9. The number of piperidine rings is 1. The molecule has 1 aliphatic rings. The van der Waals surface area contributed by atoms with Gasteiger partial charge in [0, 0.05) is 46.3 Å². The Labute approximate surface area is 220 Å². The minimum Gasteiger partial charge on any atom is -0.497 e. The van der Waals surface area contributed by atoms with Crippen LogP contribution in [0.1, 0.15) is 31.7 Å². The lowest BCUT2D eigenvalue weighted by molar-refractivity contribution is -0.135. The van der Waals surface area contributed by atoms with Gasteiger partial charge in [0.15, 0.2) is 0 Å². The van der Waals surface area contributed by atoms with Crippen LogP contribution in [0.3, 0.4) is 0 Å². The van der Waals surface area contributed by atoms with Crippen molar-refractivity contribution in [2.45, 2.75) is 43.7 Å². The maximum atomic E-state index is 13.8. The van der Waals surface area contributed by atoms with E-state index in [1.165, 1.54) is 4.31 Å². The van der Waals surface area contributed by atoms with E-state index in [1.54, 1.807) is 66.2 Å². The molecule has 202 valence electrons. The summed E-state index contributed by atoms with van der Waals surface area (Å²) in [6.07, 6.45) is 1.84. The van der Waals surface area contributed by atoms with Crippen LogP contribution in [0.25, 0.3) is 0 Å². The molecule has 37 heavy (non-hydrogen) atoms. The summed E-state index contributed by atoms with van der Waals surface area (Å²) in [6.45, 7) is 3.32. The zero-order valence-electron chi connectivity index (χ0n) is 22.2. The van der Waals surface area contributed by atoms with Gasteiger partial charge in [-0.1, -0.05) is 37.3 Å². The largest absolute Gasteiger partial charge is 0.497 e. The smallest absolute Gasteiger partial charge is 0.319 e. The molecule has 1 heterocycles. The van der Waals surface area contributed by atoms with Gasteiger partial charge in [0.25, 0.3) is 0 Å². The molecule has 3 rings (SSSR count). The number of carbonyl (C=O) groups is 2. The highest BCUT2D eigenvalue weighted by atomic mass is 32.2. The van der Waals surface area contributed by atoms with Crippen molar-refractivity contribution in [1.82, 2.24) is 19.0 Å². The van der Waals surface area contributed by atoms with Crippen LogP contribution in [0.2, 0.25) is 0 Å². The molecule has 0 saturated carbocycles. The van der Waals surface area contributed by atoms with Crippen molar-refractivity contribution >= 4 is 22.0 Å². The summed E-state index contributed by atoms with van der Waals surface area (Å²) in [5.74, 6) is 0.473. The van der Waals surface area contributed by atoms with Crippen LogP contribution in [-0.2, 0) is 21.4 Å². The van der Waals surface area contributed by atoms with Crippen LogP contribution in [0.15, 0.2) is 59.5 Å². The molecule has 0 N–H and O–H groups in total. The highest BCUT2D eigenvalue weighted by molar-refractivity contribution is 7.89. The molecule has 2 aromatic carbocycles. The molecule has 0 radical (unpaired) electrons. The topological polar surface area (TPSA) is 90.5 Å². The zero-order valence-corrected chi connectivity index (χ0v) is 23.0. The molecule has 0 aliphatic carbocycles. The summed E-state index contributed by atoms with van der Waals surface area (Å²) in [6, 6.07) is 15.6. The summed E-state index contributed by atoms with van der Waals surface area (Å²) in [7, 11) is 1.23. The Bertz CT molecular complexity index is 1130. The number of ether oxygens (including phenoxy) is 1. The number of urea groups is 1. The molecule has 0 aromatic heterocycles. The number of likely N-dealkylation sites (tertiary alicyclic amines) is 1. The Hall–Kier alpha value is -3.11. The number of nitrogens with zero attached hydrogens (tertiary/aromatic N) is 4. The molecule has 1 fully saturated rings. The Morgan fingerprint density at radius 3 is 2.16 bits per heavy atom. The predicted molar refractivity (Wildman–Crippen MR) is 143 cm³/mol. The van der Waals surface area contributed by atoms with Gasteiger partial charge in [0.1, 0.15) is 5.75 Å². The maximum absolute atomic E-state index is 13.8. The predicted octanol–water partition coefficient (Wildman–Crippen LogP) is 3.27. The molecule has 1 saturated heterocycles. The molecular weight excluding hydrogens is 492 g/mol. The Morgan fingerprint density at radius 2 is 1.62 bits per heavy atom. The van der Waals surface area contributed by atoms with Crippen molar-refractivity contribution in [3.8, 4) is 5.75 Å². The van der Waals surface area contributed by atoms with E-state index >= 15 is 0 Å². The van der Waals surface area contributed by atoms with E-state index in [-0.39, 0.29) is 36.0 Å². The first-order valence-corrected chi connectivity index (χ1v) is 14.0. The summed E-state index contributed by atoms with van der Waals surface area (Å²) >= 11 is 0. The van der Waals surface area contributed by atoms with Gasteiger partial charge in [-0.3, -0.25) is 4.79 Å². The SMILES string of the molecule is CCCN(CC(=O)N(Cc1ccc(OC)cc1)C1CCN(C(=O)N(C)C)CC1)S(=O)(=O)c1ccccc1. The average molecular weight is 531 g/mol. The van der Waals surface area contributed by atoms with E-state index in [2.05, 4.69) is 0 Å². The van der Waals surface area contributed by atoms with Crippen LogP contribution >= 0.6 is 0 Å². The lowest BCUT2D eigenvalue weighted by Gasteiger charge is -2.40. The minimum atomic E-state index is -3.82. The van der Waals surface area contributed by atoms with Crippen LogP contribution in [0, 0.1) is 0 Å². The van der Waals surface area contributed by atoms with Crippen molar-refractivity contribution in [1.29, 1.82) is 0 Å². The van der Waals surface area contributed by atoms with Crippen LogP contribution in [-0.4, -0.2) is 92.8 Å². The van der Waals surface area contributed by atoms with Crippen molar-refractivity contribution in [3.63, 3.8) is 0 Å². The van der Waals surface area contributed by atoms with Gasteiger partial charge in [-0.25, -0.2) is 13.2 Å². The van der Waals surface area contributed by atoms with E-state index in [9.17, 15) is 18.0 Å². The number of rotatable bonds is 10. The number of hydrogen-bond donors (Lipinski definition) is 0. The summed E-state index contributed by atoms with van der Waals surface area (Å²) in [5, 5.41) is 0. The first-order chi connectivity index (χ1) is 17.7. The standard InChI is InChI=1S/C27H38N4O5S/c1-5-17-30(37(34,35)25-9-7-6-8-10-25)21-26(32)31(20-22-11-13-24(36-4)14-12-22)23-15-18-29(19-16-23)27(33)28(2)3/h6-14,23H,5,15-21H2,1-4H3. The second-order valence-electron chi connectivity index (χ2n) is 9.42. The van der Waals surface area contributed by atoms with E-state index in [1.807, 2.05) is 31.2 Å². The number of hydrogen-bond acceptors (Lipinski definition) is 5. The van der Waals surface area contributed by atoms with E-state index in [0.29, 0.717) is 38.9 Å². The van der Waals surface area contributed by atoms with Crippen LogP contribution < -0.4 is 4.74 Å². The maximum Gasteiger partial charge on any atom is 0.319 e. The Balaban J connectivity index is 1.83. The van der Waals surface area contributed by atoms with Gasteiger partial charge in [-0.15, -0.1) is 0 Å². The second-order valence-corrected chi connectivity index (χ2v) is 11.4. The van der Waals surface area contributed by atoms with Crippen LogP contribution in [0.4, 0.5) is 4.79 Å². The fraction of sp³-hybridized carbons (Fsp3) is 0.481. The number of carbonyl (C=O) groups excluding carboxylic acids is 2. The monoisotopic (exact) mass is 530 g/mol. The van der Waals surface area contributed by atoms with Gasteiger partial charge >= 0.3 is 6.03 Å². The van der Waals surface area contributed by atoms with Gasteiger partial charge in [0.05, 0.1) is 18.6 Å². The third-order valence-electron chi connectivity index (χ3n) is 6.56. The number of benzene rings is 2. The van der Waals surface area contributed by atoms with Gasteiger partial charge < -0.3 is 19.4 Å². The molecule has 0 atom stereocenters. The molecule has 3 amide bonds. The Morgan fingerprint density at radius 1 is 1.00 bits per heavy atom. The summed E-state index contributed by atoms with van der Waals surface area (Å²) < 4.78 is 33.2. The molecule has 9 nitrogen and oxygen atoms in total. The fourth-order valence-electron chi connectivity index (χ4n) is 4.52. The third kappa shape index (κ3) is 7.23. The Kier molecular flexibility index (Phi) is 9.93. The first-order valence-electron chi connectivity index (χ1n) is 12.6.